The zero-order chi connectivity index (χ0) is 21.7. The molecule has 1 heterocycles. The van der Waals surface area contributed by atoms with Gasteiger partial charge in [0.15, 0.2) is 11.5 Å². The predicted molar refractivity (Wildman–Crippen MR) is 108 cm³/mol. The molecule has 0 N–H and O–H groups in total. The largest absolute Gasteiger partial charge is 0.496 e. The summed E-state index contributed by atoms with van der Waals surface area (Å²) < 4.78 is 26.9. The molecular formula is C21H23N3O6. The number of methoxy groups -OCH3 is 4. The van der Waals surface area contributed by atoms with Crippen LogP contribution in [-0.4, -0.2) is 56.5 Å². The van der Waals surface area contributed by atoms with Crippen molar-refractivity contribution in [3.05, 3.63) is 47.9 Å². The Hall–Kier alpha value is -3.75. The van der Waals surface area contributed by atoms with Gasteiger partial charge in [-0.15, -0.1) is 10.2 Å². The van der Waals surface area contributed by atoms with Gasteiger partial charge in [0.2, 0.25) is 11.8 Å². The Balaban J connectivity index is 1.80. The zero-order valence-corrected chi connectivity index (χ0v) is 17.5. The summed E-state index contributed by atoms with van der Waals surface area (Å²) in [5.41, 5.74) is 0.997. The molecule has 0 aliphatic carbocycles. The smallest absolute Gasteiger partial charge is 0.261 e. The lowest BCUT2D eigenvalue weighted by atomic mass is 10.1. The molecule has 9 heteroatoms. The van der Waals surface area contributed by atoms with Crippen molar-refractivity contribution < 1.29 is 28.2 Å². The quantitative estimate of drug-likeness (QED) is 0.556. The second-order valence-corrected chi connectivity index (χ2v) is 6.27. The van der Waals surface area contributed by atoms with Gasteiger partial charge in [-0.2, -0.15) is 0 Å². The van der Waals surface area contributed by atoms with Crippen LogP contribution in [-0.2, 0) is 6.54 Å². The lowest BCUT2D eigenvalue weighted by molar-refractivity contribution is 0.0766. The van der Waals surface area contributed by atoms with Crippen molar-refractivity contribution in [2.45, 2.75) is 6.54 Å². The van der Waals surface area contributed by atoms with Gasteiger partial charge in [0.1, 0.15) is 17.1 Å². The van der Waals surface area contributed by atoms with Crippen LogP contribution >= 0.6 is 0 Å². The number of nitrogens with zero attached hydrogens (tertiary/aromatic N) is 3. The maximum absolute atomic E-state index is 13.0. The Kier molecular flexibility index (Phi) is 6.41. The molecule has 0 saturated carbocycles. The van der Waals surface area contributed by atoms with E-state index in [9.17, 15) is 4.79 Å². The van der Waals surface area contributed by atoms with Crippen molar-refractivity contribution in [1.82, 2.24) is 15.1 Å². The van der Waals surface area contributed by atoms with Crippen molar-refractivity contribution in [2.24, 2.45) is 0 Å². The molecule has 0 saturated heterocycles. The van der Waals surface area contributed by atoms with Gasteiger partial charge in [0.25, 0.3) is 5.91 Å². The molecule has 1 amide bonds. The van der Waals surface area contributed by atoms with E-state index in [-0.39, 0.29) is 18.3 Å². The molecule has 3 rings (SSSR count). The Morgan fingerprint density at radius 3 is 2.13 bits per heavy atom. The predicted octanol–water partition coefficient (Wildman–Crippen LogP) is 3.04. The molecule has 1 aromatic heterocycles. The highest BCUT2D eigenvalue weighted by atomic mass is 16.5. The number of benzene rings is 2. The van der Waals surface area contributed by atoms with Crippen LogP contribution in [0.3, 0.4) is 0 Å². The fourth-order valence-electron chi connectivity index (χ4n) is 2.93. The molecule has 0 atom stereocenters. The van der Waals surface area contributed by atoms with Crippen LogP contribution in [0.5, 0.6) is 23.0 Å². The summed E-state index contributed by atoms with van der Waals surface area (Å²) in [6.07, 6.45) is 0. The minimum Gasteiger partial charge on any atom is -0.496 e. The number of carbonyl (C=O) groups is 1. The summed E-state index contributed by atoms with van der Waals surface area (Å²) >= 11 is 0. The van der Waals surface area contributed by atoms with Crippen LogP contribution in [0.25, 0.3) is 11.5 Å². The fourth-order valence-corrected chi connectivity index (χ4v) is 2.93. The highest BCUT2D eigenvalue weighted by Crippen LogP contribution is 2.32. The molecule has 0 fully saturated rings. The van der Waals surface area contributed by atoms with Crippen LogP contribution in [0.15, 0.2) is 40.8 Å². The van der Waals surface area contributed by atoms with Gasteiger partial charge in [-0.1, -0.05) is 6.07 Å². The average Bonchev–Trinajstić information content (AvgIpc) is 3.25. The van der Waals surface area contributed by atoms with E-state index in [2.05, 4.69) is 10.2 Å². The number of hydrogen-bond acceptors (Lipinski definition) is 8. The Bertz CT molecular complexity index is 1010. The van der Waals surface area contributed by atoms with E-state index in [0.717, 1.165) is 0 Å². The number of carbonyl (C=O) groups excluding carboxylic acids is 1. The molecule has 3 aromatic rings. The molecule has 158 valence electrons. The standard InChI is InChI=1S/C21H23N3O6/c1-24(21(25)19-15(27-3)7-6-8-16(19)28-4)12-18-22-23-20(30-18)13-9-10-14(26-2)17(11-13)29-5/h6-11H,12H2,1-5H3. The van der Waals surface area contributed by atoms with Crippen molar-refractivity contribution in [3.8, 4) is 34.5 Å². The normalized spacial score (nSPS) is 10.4. The number of aromatic nitrogens is 2. The molecule has 0 spiro atoms. The third-order valence-electron chi connectivity index (χ3n) is 4.46. The van der Waals surface area contributed by atoms with Crippen molar-refractivity contribution in [2.75, 3.05) is 35.5 Å². The zero-order valence-electron chi connectivity index (χ0n) is 17.5. The van der Waals surface area contributed by atoms with Gasteiger partial charge in [0, 0.05) is 12.6 Å². The molecular weight excluding hydrogens is 390 g/mol. The van der Waals surface area contributed by atoms with Crippen LogP contribution in [0.4, 0.5) is 0 Å². The van der Waals surface area contributed by atoms with E-state index in [1.54, 1.807) is 57.7 Å². The fraction of sp³-hybridized carbons (Fsp3) is 0.286. The molecule has 2 aromatic carbocycles. The summed E-state index contributed by atoms with van der Waals surface area (Å²) in [6, 6.07) is 10.4. The second kappa shape index (κ2) is 9.17. The van der Waals surface area contributed by atoms with Crippen molar-refractivity contribution in [3.63, 3.8) is 0 Å². The number of amides is 1. The van der Waals surface area contributed by atoms with Crippen LogP contribution in [0.2, 0.25) is 0 Å². The molecule has 0 aliphatic heterocycles. The minimum absolute atomic E-state index is 0.111. The summed E-state index contributed by atoms with van der Waals surface area (Å²) in [4.78, 5) is 14.4. The highest BCUT2D eigenvalue weighted by molar-refractivity contribution is 5.99. The lowest BCUT2D eigenvalue weighted by Crippen LogP contribution is -2.27. The molecule has 9 nitrogen and oxygen atoms in total. The van der Waals surface area contributed by atoms with E-state index in [1.165, 1.54) is 19.1 Å². The van der Waals surface area contributed by atoms with Gasteiger partial charge in [-0.3, -0.25) is 4.79 Å². The van der Waals surface area contributed by atoms with Gasteiger partial charge < -0.3 is 28.3 Å². The average molecular weight is 413 g/mol. The van der Waals surface area contributed by atoms with Crippen LogP contribution < -0.4 is 18.9 Å². The summed E-state index contributed by atoms with van der Waals surface area (Å²) in [5.74, 6) is 2.27. The van der Waals surface area contributed by atoms with Crippen molar-refractivity contribution >= 4 is 5.91 Å². The Morgan fingerprint density at radius 2 is 1.53 bits per heavy atom. The first-order valence-corrected chi connectivity index (χ1v) is 9.03. The Morgan fingerprint density at radius 1 is 0.900 bits per heavy atom. The molecule has 30 heavy (non-hydrogen) atoms. The van der Waals surface area contributed by atoms with E-state index in [0.29, 0.717) is 40.0 Å². The highest BCUT2D eigenvalue weighted by Gasteiger charge is 2.23. The SMILES string of the molecule is COc1ccc(-c2nnc(CN(C)C(=O)c3c(OC)cccc3OC)o2)cc1OC. The maximum Gasteiger partial charge on any atom is 0.261 e. The first kappa shape index (κ1) is 21.0. The number of rotatable bonds is 8. The van der Waals surface area contributed by atoms with Gasteiger partial charge >= 0.3 is 0 Å². The van der Waals surface area contributed by atoms with Crippen LogP contribution in [0, 0.1) is 0 Å². The van der Waals surface area contributed by atoms with Crippen molar-refractivity contribution in [1.29, 1.82) is 0 Å². The lowest BCUT2D eigenvalue weighted by Gasteiger charge is -2.18. The third kappa shape index (κ3) is 4.14. The maximum atomic E-state index is 13.0. The first-order valence-electron chi connectivity index (χ1n) is 9.03. The van der Waals surface area contributed by atoms with Crippen LogP contribution in [0.1, 0.15) is 16.2 Å². The van der Waals surface area contributed by atoms with E-state index in [1.807, 2.05) is 0 Å². The summed E-state index contributed by atoms with van der Waals surface area (Å²) in [7, 11) is 7.74. The summed E-state index contributed by atoms with van der Waals surface area (Å²) in [6.45, 7) is 0.111. The number of ether oxygens (including phenoxy) is 4. The molecule has 0 bridgehead atoms. The minimum atomic E-state index is -0.296. The van der Waals surface area contributed by atoms with E-state index < -0.39 is 0 Å². The number of hydrogen-bond donors (Lipinski definition) is 0. The van der Waals surface area contributed by atoms with Gasteiger partial charge in [-0.05, 0) is 30.3 Å². The summed E-state index contributed by atoms with van der Waals surface area (Å²) in [5, 5.41) is 8.12. The first-order chi connectivity index (χ1) is 14.5. The van der Waals surface area contributed by atoms with E-state index in [4.69, 9.17) is 23.4 Å². The van der Waals surface area contributed by atoms with E-state index >= 15 is 0 Å². The van der Waals surface area contributed by atoms with Gasteiger partial charge in [-0.25, -0.2) is 0 Å². The third-order valence-corrected chi connectivity index (χ3v) is 4.46. The monoisotopic (exact) mass is 413 g/mol. The topological polar surface area (TPSA) is 96.2 Å². The van der Waals surface area contributed by atoms with Gasteiger partial charge in [0.05, 0.1) is 35.0 Å². The second-order valence-electron chi connectivity index (χ2n) is 6.27. The molecule has 0 radical (unpaired) electrons. The molecule has 0 aliphatic rings. The molecule has 0 unspecified atom stereocenters. The Labute approximate surface area is 174 Å².